The topological polar surface area (TPSA) is 29.1 Å². The zero-order chi connectivity index (χ0) is 15.2. The van der Waals surface area contributed by atoms with E-state index in [0.29, 0.717) is 5.75 Å². The normalized spacial score (nSPS) is 16.8. The molecule has 1 N–H and O–H groups in total. The van der Waals surface area contributed by atoms with Gasteiger partial charge in [-0.3, -0.25) is 4.79 Å². The highest BCUT2D eigenvalue weighted by atomic mass is 32.2. The van der Waals surface area contributed by atoms with Gasteiger partial charge in [0.2, 0.25) is 5.91 Å². The largest absolute Gasteiger partial charge is 0.349 e. The number of rotatable bonds is 5. The zero-order valence-electron chi connectivity index (χ0n) is 12.6. The second-order valence-electron chi connectivity index (χ2n) is 5.69. The average Bonchev–Trinajstić information content (AvgIpc) is 2.56. The molecule has 2 nitrogen and oxygen atoms in total. The zero-order valence-corrected chi connectivity index (χ0v) is 13.4. The Kier molecular flexibility index (Phi) is 5.17. The van der Waals surface area contributed by atoms with E-state index in [9.17, 15) is 4.79 Å². The van der Waals surface area contributed by atoms with Gasteiger partial charge in [0, 0.05) is 5.75 Å². The van der Waals surface area contributed by atoms with Crippen molar-refractivity contribution in [2.75, 3.05) is 5.75 Å². The summed E-state index contributed by atoms with van der Waals surface area (Å²) in [4.78, 5) is 12.2. The van der Waals surface area contributed by atoms with E-state index in [1.165, 1.54) is 16.7 Å². The minimum absolute atomic E-state index is 0.141. The average molecular weight is 311 g/mol. The third kappa shape index (κ3) is 3.92. The molecule has 114 valence electrons. The van der Waals surface area contributed by atoms with Gasteiger partial charge in [0.05, 0.1) is 11.8 Å². The summed E-state index contributed by atoms with van der Waals surface area (Å²) in [5, 5.41) is 3.20. The highest BCUT2D eigenvalue weighted by Gasteiger charge is 2.21. The molecule has 1 amide bonds. The Morgan fingerprint density at radius 3 is 2.73 bits per heavy atom. The van der Waals surface area contributed by atoms with Crippen molar-refractivity contribution in [3.8, 4) is 0 Å². The maximum Gasteiger partial charge on any atom is 0.230 e. The van der Waals surface area contributed by atoms with Crippen LogP contribution < -0.4 is 5.32 Å². The first kappa shape index (κ1) is 15.2. The van der Waals surface area contributed by atoms with Crippen LogP contribution in [-0.2, 0) is 17.0 Å². The molecular weight excluding hydrogens is 290 g/mol. The van der Waals surface area contributed by atoms with Crippen LogP contribution in [0.2, 0.25) is 0 Å². The lowest BCUT2D eigenvalue weighted by Gasteiger charge is -2.26. The summed E-state index contributed by atoms with van der Waals surface area (Å²) in [6.07, 6.45) is 3.33. The number of carbonyl (C=O) groups is 1. The molecule has 0 bridgehead atoms. The van der Waals surface area contributed by atoms with E-state index in [0.717, 1.165) is 25.0 Å². The molecule has 0 heterocycles. The Morgan fingerprint density at radius 2 is 1.86 bits per heavy atom. The summed E-state index contributed by atoms with van der Waals surface area (Å²) >= 11 is 1.67. The van der Waals surface area contributed by atoms with Gasteiger partial charge in [0.1, 0.15) is 0 Å². The summed E-state index contributed by atoms with van der Waals surface area (Å²) in [5.41, 5.74) is 3.95. The second kappa shape index (κ2) is 7.50. The minimum Gasteiger partial charge on any atom is -0.349 e. The lowest BCUT2D eigenvalue weighted by molar-refractivity contribution is -0.119. The van der Waals surface area contributed by atoms with E-state index in [1.54, 1.807) is 11.8 Å². The molecule has 0 fully saturated rings. The fourth-order valence-corrected chi connectivity index (χ4v) is 3.77. The van der Waals surface area contributed by atoms with Crippen LogP contribution in [0.15, 0.2) is 54.6 Å². The van der Waals surface area contributed by atoms with Gasteiger partial charge < -0.3 is 5.32 Å². The smallest absolute Gasteiger partial charge is 0.230 e. The number of carbonyl (C=O) groups excluding carboxylic acids is 1. The van der Waals surface area contributed by atoms with E-state index in [4.69, 9.17) is 0 Å². The molecular formula is C19H21NOS. The van der Waals surface area contributed by atoms with Crippen molar-refractivity contribution in [3.63, 3.8) is 0 Å². The molecule has 0 saturated carbocycles. The monoisotopic (exact) mass is 311 g/mol. The molecule has 1 aliphatic rings. The summed E-state index contributed by atoms with van der Waals surface area (Å²) in [6.45, 7) is 0. The van der Waals surface area contributed by atoms with Crippen LogP contribution >= 0.6 is 11.8 Å². The Labute approximate surface area is 136 Å². The van der Waals surface area contributed by atoms with E-state index < -0.39 is 0 Å². The molecule has 3 rings (SSSR count). The first-order valence-corrected chi connectivity index (χ1v) is 8.97. The van der Waals surface area contributed by atoms with Gasteiger partial charge in [-0.05, 0) is 36.0 Å². The molecule has 1 aliphatic carbocycles. The summed E-state index contributed by atoms with van der Waals surface area (Å²) < 4.78 is 0. The van der Waals surface area contributed by atoms with Gasteiger partial charge in [-0.15, -0.1) is 11.8 Å². The molecule has 3 heteroatoms. The summed E-state index contributed by atoms with van der Waals surface area (Å²) in [6, 6.07) is 18.9. The van der Waals surface area contributed by atoms with Gasteiger partial charge in [-0.25, -0.2) is 0 Å². The molecule has 0 aliphatic heterocycles. The third-order valence-corrected chi connectivity index (χ3v) is 5.05. The van der Waals surface area contributed by atoms with E-state index in [1.807, 2.05) is 18.2 Å². The lowest BCUT2D eigenvalue weighted by atomic mass is 9.88. The number of benzene rings is 2. The minimum atomic E-state index is 0.141. The SMILES string of the molecule is O=C(CSCc1ccccc1)N[C@@H]1CCCc2ccccc21. The van der Waals surface area contributed by atoms with E-state index >= 15 is 0 Å². The number of aryl methyl sites for hydroxylation is 1. The molecule has 2 aromatic rings. The van der Waals surface area contributed by atoms with Crippen LogP contribution in [0.25, 0.3) is 0 Å². The Hall–Kier alpha value is -1.74. The number of thioether (sulfide) groups is 1. The van der Waals surface area contributed by atoms with Gasteiger partial charge in [0.15, 0.2) is 0 Å². The van der Waals surface area contributed by atoms with Crippen LogP contribution in [0.4, 0.5) is 0 Å². The van der Waals surface area contributed by atoms with Gasteiger partial charge in [-0.2, -0.15) is 0 Å². The number of hydrogen-bond acceptors (Lipinski definition) is 2. The van der Waals surface area contributed by atoms with Crippen molar-refractivity contribution in [2.24, 2.45) is 0 Å². The standard InChI is InChI=1S/C19H21NOS/c21-19(14-22-13-15-7-2-1-3-8-15)20-18-12-6-10-16-9-4-5-11-17(16)18/h1-5,7-9,11,18H,6,10,12-14H2,(H,20,21)/t18-/m1/s1. The second-order valence-corrected chi connectivity index (χ2v) is 6.68. The highest BCUT2D eigenvalue weighted by molar-refractivity contribution is 7.99. The fraction of sp³-hybridized carbons (Fsp3) is 0.316. The van der Waals surface area contributed by atoms with Crippen molar-refractivity contribution < 1.29 is 4.79 Å². The van der Waals surface area contributed by atoms with Crippen LogP contribution in [-0.4, -0.2) is 11.7 Å². The third-order valence-electron chi connectivity index (χ3n) is 4.05. The first-order valence-electron chi connectivity index (χ1n) is 7.82. The van der Waals surface area contributed by atoms with Crippen LogP contribution in [0.3, 0.4) is 0 Å². The molecule has 0 unspecified atom stereocenters. The number of fused-ring (bicyclic) bond motifs is 1. The Bertz CT molecular complexity index is 626. The van der Waals surface area contributed by atoms with Crippen molar-refractivity contribution in [1.82, 2.24) is 5.32 Å². The first-order chi connectivity index (χ1) is 10.8. The van der Waals surface area contributed by atoms with Crippen LogP contribution in [0.5, 0.6) is 0 Å². The van der Waals surface area contributed by atoms with E-state index in [-0.39, 0.29) is 11.9 Å². The van der Waals surface area contributed by atoms with Crippen molar-refractivity contribution >= 4 is 17.7 Å². The molecule has 0 radical (unpaired) electrons. The summed E-state index contributed by atoms with van der Waals surface area (Å²) in [7, 11) is 0. The van der Waals surface area contributed by atoms with Crippen LogP contribution in [0.1, 0.15) is 35.6 Å². The predicted molar refractivity (Wildman–Crippen MR) is 92.9 cm³/mol. The molecule has 0 spiro atoms. The maximum absolute atomic E-state index is 12.2. The number of nitrogens with one attached hydrogen (secondary N) is 1. The van der Waals surface area contributed by atoms with E-state index in [2.05, 4.69) is 41.7 Å². The predicted octanol–water partition coefficient (Wildman–Crippen LogP) is 4.11. The molecule has 22 heavy (non-hydrogen) atoms. The van der Waals surface area contributed by atoms with Crippen LogP contribution in [0, 0.1) is 0 Å². The van der Waals surface area contributed by atoms with Gasteiger partial charge in [-0.1, -0.05) is 54.6 Å². The highest BCUT2D eigenvalue weighted by Crippen LogP contribution is 2.29. The molecule has 1 atom stereocenters. The van der Waals surface area contributed by atoms with Crippen molar-refractivity contribution in [2.45, 2.75) is 31.1 Å². The lowest BCUT2D eigenvalue weighted by Crippen LogP contribution is -2.32. The quantitative estimate of drug-likeness (QED) is 0.900. The number of amides is 1. The Balaban J connectivity index is 1.50. The van der Waals surface area contributed by atoms with Crippen molar-refractivity contribution in [3.05, 3.63) is 71.3 Å². The maximum atomic E-state index is 12.2. The van der Waals surface area contributed by atoms with Gasteiger partial charge in [0.25, 0.3) is 0 Å². The fourth-order valence-electron chi connectivity index (χ4n) is 2.98. The van der Waals surface area contributed by atoms with Gasteiger partial charge >= 0.3 is 0 Å². The molecule has 0 aromatic heterocycles. The van der Waals surface area contributed by atoms with Crippen molar-refractivity contribution in [1.29, 1.82) is 0 Å². The molecule has 2 aromatic carbocycles. The molecule has 0 saturated heterocycles. The Morgan fingerprint density at radius 1 is 1.09 bits per heavy atom. The summed E-state index contributed by atoms with van der Waals surface area (Å²) in [5.74, 6) is 1.55. The number of hydrogen-bond donors (Lipinski definition) is 1.